The predicted octanol–water partition coefficient (Wildman–Crippen LogP) is 3.30. The topological polar surface area (TPSA) is 71.2 Å². The standard InChI is InChI=1S/C21H24N4O2/c1-24(15-16-7-9-17(27-2)10-8-16)20(26)11-13-25-14-12-23-21(25)18-5-3-4-6-19(18)22/h3-5,7-10,12,14,22H,6,11,13,15H2,1-2H3. The molecule has 0 bridgehead atoms. The summed E-state index contributed by atoms with van der Waals surface area (Å²) in [5.74, 6) is 1.62. The Hall–Kier alpha value is -3.15. The molecular weight excluding hydrogens is 340 g/mol. The van der Waals surface area contributed by atoms with Gasteiger partial charge in [0.25, 0.3) is 0 Å². The van der Waals surface area contributed by atoms with E-state index in [9.17, 15) is 4.79 Å². The lowest BCUT2D eigenvalue weighted by Crippen LogP contribution is -2.27. The number of allylic oxidation sites excluding steroid dienone is 4. The molecule has 1 aromatic carbocycles. The Kier molecular flexibility index (Phi) is 5.86. The van der Waals surface area contributed by atoms with Crippen LogP contribution in [-0.4, -0.2) is 40.2 Å². The van der Waals surface area contributed by atoms with Crippen molar-refractivity contribution in [3.63, 3.8) is 0 Å². The third kappa shape index (κ3) is 4.53. The summed E-state index contributed by atoms with van der Waals surface area (Å²) in [7, 11) is 3.45. The maximum absolute atomic E-state index is 12.5. The van der Waals surface area contributed by atoms with Crippen LogP contribution in [0.1, 0.15) is 24.2 Å². The summed E-state index contributed by atoms with van der Waals surface area (Å²) in [6.07, 6.45) is 10.4. The van der Waals surface area contributed by atoms with Crippen molar-refractivity contribution in [1.29, 1.82) is 5.41 Å². The number of carbonyl (C=O) groups is 1. The van der Waals surface area contributed by atoms with Crippen LogP contribution in [0, 0.1) is 5.41 Å². The van der Waals surface area contributed by atoms with Crippen molar-refractivity contribution in [2.24, 2.45) is 0 Å². The van der Waals surface area contributed by atoms with Gasteiger partial charge in [0.15, 0.2) is 0 Å². The second kappa shape index (κ2) is 8.49. The van der Waals surface area contributed by atoms with Crippen molar-refractivity contribution in [1.82, 2.24) is 14.5 Å². The zero-order valence-corrected chi connectivity index (χ0v) is 15.7. The van der Waals surface area contributed by atoms with Crippen molar-refractivity contribution in [2.75, 3.05) is 14.2 Å². The van der Waals surface area contributed by atoms with Crippen LogP contribution < -0.4 is 4.74 Å². The SMILES string of the molecule is COc1ccc(CN(C)C(=O)CCn2ccnc2C2=CC=CCC2=N)cc1. The maximum atomic E-state index is 12.5. The fourth-order valence-electron chi connectivity index (χ4n) is 3.00. The van der Waals surface area contributed by atoms with Crippen LogP contribution in [0.2, 0.25) is 0 Å². The van der Waals surface area contributed by atoms with Gasteiger partial charge in [-0.2, -0.15) is 0 Å². The maximum Gasteiger partial charge on any atom is 0.224 e. The van der Waals surface area contributed by atoms with Gasteiger partial charge in [-0.15, -0.1) is 0 Å². The molecule has 0 saturated carbocycles. The molecule has 1 amide bonds. The second-order valence-corrected chi connectivity index (χ2v) is 6.48. The number of amides is 1. The Bertz CT molecular complexity index is 878. The molecule has 2 aromatic rings. The number of aryl methyl sites for hydroxylation is 1. The first-order valence-corrected chi connectivity index (χ1v) is 8.91. The van der Waals surface area contributed by atoms with Gasteiger partial charge in [0.2, 0.25) is 5.91 Å². The van der Waals surface area contributed by atoms with Gasteiger partial charge in [-0.05, 0) is 23.8 Å². The number of rotatable bonds is 7. The second-order valence-electron chi connectivity index (χ2n) is 6.48. The average molecular weight is 364 g/mol. The Morgan fingerprint density at radius 3 is 2.81 bits per heavy atom. The minimum absolute atomic E-state index is 0.0677. The molecular formula is C21H24N4O2. The highest BCUT2D eigenvalue weighted by atomic mass is 16.5. The fourth-order valence-corrected chi connectivity index (χ4v) is 3.00. The zero-order chi connectivity index (χ0) is 19.2. The number of aromatic nitrogens is 2. The van der Waals surface area contributed by atoms with Gasteiger partial charge in [0, 0.05) is 56.7 Å². The Morgan fingerprint density at radius 2 is 2.11 bits per heavy atom. The van der Waals surface area contributed by atoms with Crippen LogP contribution in [0.5, 0.6) is 5.75 Å². The third-order valence-corrected chi connectivity index (χ3v) is 4.57. The number of imidazole rings is 1. The molecule has 0 atom stereocenters. The van der Waals surface area contributed by atoms with Gasteiger partial charge < -0.3 is 19.6 Å². The molecule has 0 unspecified atom stereocenters. The van der Waals surface area contributed by atoms with Crippen LogP contribution >= 0.6 is 0 Å². The number of nitrogens with one attached hydrogen (secondary N) is 1. The van der Waals surface area contributed by atoms with E-state index in [1.54, 1.807) is 18.2 Å². The van der Waals surface area contributed by atoms with Gasteiger partial charge in [0.05, 0.1) is 7.11 Å². The van der Waals surface area contributed by atoms with Gasteiger partial charge in [0.1, 0.15) is 11.6 Å². The number of ether oxygens (including phenoxy) is 1. The number of carbonyl (C=O) groups excluding carboxylic acids is 1. The van der Waals surface area contributed by atoms with E-state index in [1.165, 1.54) is 0 Å². The third-order valence-electron chi connectivity index (χ3n) is 4.57. The van der Waals surface area contributed by atoms with Gasteiger partial charge in [-0.25, -0.2) is 4.98 Å². The minimum Gasteiger partial charge on any atom is -0.497 e. The summed E-state index contributed by atoms with van der Waals surface area (Å²) < 4.78 is 7.10. The highest BCUT2D eigenvalue weighted by Crippen LogP contribution is 2.20. The first-order chi connectivity index (χ1) is 13.1. The summed E-state index contributed by atoms with van der Waals surface area (Å²) >= 11 is 0. The highest BCUT2D eigenvalue weighted by Gasteiger charge is 2.16. The molecule has 6 nitrogen and oxygen atoms in total. The molecule has 140 valence electrons. The smallest absolute Gasteiger partial charge is 0.224 e. The number of methoxy groups -OCH3 is 1. The monoisotopic (exact) mass is 364 g/mol. The molecule has 1 aromatic heterocycles. The van der Waals surface area contributed by atoms with Gasteiger partial charge in [-0.3, -0.25) is 4.79 Å². The van der Waals surface area contributed by atoms with Crippen molar-refractivity contribution >= 4 is 17.2 Å². The highest BCUT2D eigenvalue weighted by molar-refractivity contribution is 6.22. The predicted molar refractivity (Wildman–Crippen MR) is 106 cm³/mol. The molecule has 3 rings (SSSR count). The number of hydrogen-bond donors (Lipinski definition) is 1. The average Bonchev–Trinajstić information content (AvgIpc) is 3.15. The molecule has 1 aliphatic rings. The van der Waals surface area contributed by atoms with Crippen molar-refractivity contribution in [3.05, 3.63) is 66.3 Å². The van der Waals surface area contributed by atoms with Crippen LogP contribution in [0.3, 0.4) is 0 Å². The van der Waals surface area contributed by atoms with E-state index in [-0.39, 0.29) is 5.91 Å². The van der Waals surface area contributed by atoms with E-state index in [0.717, 1.165) is 22.7 Å². The first kappa shape index (κ1) is 18.6. The van der Waals surface area contributed by atoms with Crippen LogP contribution in [0.25, 0.3) is 5.57 Å². The normalized spacial score (nSPS) is 13.4. The van der Waals surface area contributed by atoms with Crippen molar-refractivity contribution in [3.8, 4) is 5.75 Å². The summed E-state index contributed by atoms with van der Waals surface area (Å²) in [4.78, 5) is 18.6. The van der Waals surface area contributed by atoms with Gasteiger partial charge >= 0.3 is 0 Å². The van der Waals surface area contributed by atoms with E-state index in [0.29, 0.717) is 31.6 Å². The molecule has 0 saturated heterocycles. The molecule has 27 heavy (non-hydrogen) atoms. The quantitative estimate of drug-likeness (QED) is 0.819. The van der Waals surface area contributed by atoms with Crippen LogP contribution in [-0.2, 0) is 17.9 Å². The summed E-state index contributed by atoms with van der Waals surface area (Å²) in [5.41, 5.74) is 2.43. The molecule has 0 aliphatic heterocycles. The number of nitrogens with zero attached hydrogens (tertiary/aromatic N) is 3. The molecule has 1 heterocycles. The summed E-state index contributed by atoms with van der Waals surface area (Å²) in [6, 6.07) is 7.72. The van der Waals surface area contributed by atoms with Crippen molar-refractivity contribution in [2.45, 2.75) is 25.9 Å². The lowest BCUT2D eigenvalue weighted by atomic mass is 10.0. The molecule has 0 radical (unpaired) electrons. The van der Waals surface area contributed by atoms with E-state index in [1.807, 2.05) is 60.3 Å². The number of hydrogen-bond acceptors (Lipinski definition) is 4. The molecule has 6 heteroatoms. The van der Waals surface area contributed by atoms with Crippen LogP contribution in [0.15, 0.2) is 54.9 Å². The Labute approximate surface area is 159 Å². The van der Waals surface area contributed by atoms with Gasteiger partial charge in [-0.1, -0.05) is 24.3 Å². The van der Waals surface area contributed by atoms with Crippen LogP contribution in [0.4, 0.5) is 0 Å². The summed E-state index contributed by atoms with van der Waals surface area (Å²) in [5, 5.41) is 8.10. The van der Waals surface area contributed by atoms with Crippen molar-refractivity contribution < 1.29 is 9.53 Å². The number of benzene rings is 1. The fraction of sp³-hybridized carbons (Fsp3) is 0.286. The Balaban J connectivity index is 1.59. The van der Waals surface area contributed by atoms with E-state index in [4.69, 9.17) is 10.1 Å². The summed E-state index contributed by atoms with van der Waals surface area (Å²) in [6.45, 7) is 1.09. The van der Waals surface area contributed by atoms with E-state index in [2.05, 4.69) is 4.98 Å². The van der Waals surface area contributed by atoms with E-state index < -0.39 is 0 Å². The molecule has 1 N–H and O–H groups in total. The molecule has 0 fully saturated rings. The lowest BCUT2D eigenvalue weighted by Gasteiger charge is -2.18. The minimum atomic E-state index is 0.0677. The Morgan fingerprint density at radius 1 is 1.33 bits per heavy atom. The lowest BCUT2D eigenvalue weighted by molar-refractivity contribution is -0.130. The zero-order valence-electron chi connectivity index (χ0n) is 15.7. The molecule has 1 aliphatic carbocycles. The molecule has 0 spiro atoms. The first-order valence-electron chi connectivity index (χ1n) is 8.91. The largest absolute Gasteiger partial charge is 0.497 e. The van der Waals surface area contributed by atoms with E-state index >= 15 is 0 Å².